The Kier molecular flexibility index (Phi) is 5.50. The van der Waals surface area contributed by atoms with Gasteiger partial charge in [0, 0.05) is 45.4 Å². The first kappa shape index (κ1) is 16.9. The minimum atomic E-state index is -0.491. The Hall–Kier alpha value is -1.50. The summed E-state index contributed by atoms with van der Waals surface area (Å²) in [5.74, 6) is 0. The van der Waals surface area contributed by atoms with Crippen LogP contribution in [0.5, 0.6) is 0 Å². The third-order valence-corrected chi connectivity index (χ3v) is 3.77. The summed E-state index contributed by atoms with van der Waals surface area (Å²) in [4.78, 5) is 27.6. The van der Waals surface area contributed by atoms with E-state index in [2.05, 4.69) is 5.32 Å². The summed E-state index contributed by atoms with van der Waals surface area (Å²) in [6.45, 7) is 9.05. The lowest BCUT2D eigenvalue weighted by Crippen LogP contribution is -2.55. The van der Waals surface area contributed by atoms with Crippen molar-refractivity contribution in [3.05, 3.63) is 0 Å². The molecule has 0 aliphatic carbocycles. The smallest absolute Gasteiger partial charge is 0.410 e. The van der Waals surface area contributed by atoms with E-state index in [1.165, 1.54) is 0 Å². The summed E-state index contributed by atoms with van der Waals surface area (Å²) in [5.41, 5.74) is -0.491. The van der Waals surface area contributed by atoms with E-state index in [4.69, 9.17) is 9.47 Å². The highest BCUT2D eigenvalue weighted by Gasteiger charge is 2.28. The second kappa shape index (κ2) is 7.17. The van der Waals surface area contributed by atoms with E-state index in [1.807, 2.05) is 20.8 Å². The Balaban J connectivity index is 1.74. The van der Waals surface area contributed by atoms with Crippen LogP contribution in [0, 0.1) is 0 Å². The SMILES string of the molecule is CC(C)(C)OC(=O)N1CCN(C(=O)NC2CCOCC2)CC1. The van der Waals surface area contributed by atoms with Crippen LogP contribution in [0.4, 0.5) is 9.59 Å². The van der Waals surface area contributed by atoms with E-state index >= 15 is 0 Å². The van der Waals surface area contributed by atoms with Crippen LogP contribution >= 0.6 is 0 Å². The highest BCUT2D eigenvalue weighted by atomic mass is 16.6. The maximum absolute atomic E-state index is 12.2. The molecule has 0 spiro atoms. The highest BCUT2D eigenvalue weighted by molar-refractivity contribution is 5.75. The lowest BCUT2D eigenvalue weighted by molar-refractivity contribution is 0.0166. The molecule has 2 heterocycles. The van der Waals surface area contributed by atoms with Crippen LogP contribution in [-0.2, 0) is 9.47 Å². The predicted molar refractivity (Wildman–Crippen MR) is 81.8 cm³/mol. The fourth-order valence-corrected chi connectivity index (χ4v) is 2.53. The summed E-state index contributed by atoms with van der Waals surface area (Å²) in [6, 6.07) is 0.154. The molecule has 2 aliphatic heterocycles. The molecule has 0 saturated carbocycles. The molecule has 0 unspecified atom stereocenters. The molecule has 0 bridgehead atoms. The summed E-state index contributed by atoms with van der Waals surface area (Å²) in [5, 5.41) is 3.04. The summed E-state index contributed by atoms with van der Waals surface area (Å²) in [6.07, 6.45) is 1.42. The van der Waals surface area contributed by atoms with Crippen LogP contribution in [0.25, 0.3) is 0 Å². The van der Waals surface area contributed by atoms with E-state index in [-0.39, 0.29) is 18.2 Å². The van der Waals surface area contributed by atoms with Crippen molar-refractivity contribution in [1.29, 1.82) is 0 Å². The lowest BCUT2D eigenvalue weighted by atomic mass is 10.1. The topological polar surface area (TPSA) is 71.1 Å². The number of piperazine rings is 1. The van der Waals surface area contributed by atoms with Crippen molar-refractivity contribution in [3.63, 3.8) is 0 Å². The van der Waals surface area contributed by atoms with Gasteiger partial charge in [-0.2, -0.15) is 0 Å². The number of ether oxygens (including phenoxy) is 2. The zero-order valence-electron chi connectivity index (χ0n) is 13.8. The standard InChI is InChI=1S/C15H27N3O4/c1-15(2,3)22-14(20)18-8-6-17(7-9-18)13(19)16-12-4-10-21-11-5-12/h12H,4-11H2,1-3H3,(H,16,19). The largest absolute Gasteiger partial charge is 0.444 e. The van der Waals surface area contributed by atoms with Crippen molar-refractivity contribution in [2.24, 2.45) is 0 Å². The molecule has 2 aliphatic rings. The van der Waals surface area contributed by atoms with Crippen molar-refractivity contribution < 1.29 is 19.1 Å². The van der Waals surface area contributed by atoms with Gasteiger partial charge in [-0.25, -0.2) is 9.59 Å². The van der Waals surface area contributed by atoms with Gasteiger partial charge < -0.3 is 24.6 Å². The van der Waals surface area contributed by atoms with Gasteiger partial charge in [0.1, 0.15) is 5.60 Å². The molecule has 0 aromatic carbocycles. The fourth-order valence-electron chi connectivity index (χ4n) is 2.53. The quantitative estimate of drug-likeness (QED) is 0.795. The Morgan fingerprint density at radius 1 is 1.05 bits per heavy atom. The summed E-state index contributed by atoms with van der Waals surface area (Å²) >= 11 is 0. The van der Waals surface area contributed by atoms with Crippen molar-refractivity contribution >= 4 is 12.1 Å². The van der Waals surface area contributed by atoms with Crippen LogP contribution in [0.3, 0.4) is 0 Å². The molecule has 0 radical (unpaired) electrons. The molecule has 7 nitrogen and oxygen atoms in total. The molecule has 0 atom stereocenters. The predicted octanol–water partition coefficient (Wildman–Crippen LogP) is 1.43. The number of nitrogens with zero attached hydrogens (tertiary/aromatic N) is 2. The van der Waals surface area contributed by atoms with Crippen LogP contribution in [0.1, 0.15) is 33.6 Å². The van der Waals surface area contributed by atoms with E-state index in [0.29, 0.717) is 39.4 Å². The minimum Gasteiger partial charge on any atom is -0.444 e. The van der Waals surface area contributed by atoms with Crippen LogP contribution in [0.15, 0.2) is 0 Å². The zero-order valence-corrected chi connectivity index (χ0v) is 13.8. The number of rotatable bonds is 1. The Morgan fingerprint density at radius 3 is 2.14 bits per heavy atom. The normalized spacial score (nSPS) is 20.7. The molecular weight excluding hydrogens is 286 g/mol. The minimum absolute atomic E-state index is 0.0456. The van der Waals surface area contributed by atoms with Gasteiger partial charge >= 0.3 is 12.1 Å². The average Bonchev–Trinajstić information content (AvgIpc) is 2.46. The molecular formula is C15H27N3O4. The van der Waals surface area contributed by atoms with E-state index in [9.17, 15) is 9.59 Å². The Labute approximate surface area is 131 Å². The Bertz CT molecular complexity index is 394. The second-order valence-corrected chi connectivity index (χ2v) is 6.79. The first-order chi connectivity index (χ1) is 10.3. The van der Waals surface area contributed by atoms with Crippen molar-refractivity contribution in [2.75, 3.05) is 39.4 Å². The van der Waals surface area contributed by atoms with Crippen molar-refractivity contribution in [2.45, 2.75) is 45.3 Å². The molecule has 126 valence electrons. The van der Waals surface area contributed by atoms with Crippen LogP contribution in [-0.4, -0.2) is 73.0 Å². The van der Waals surface area contributed by atoms with Gasteiger partial charge in [0.2, 0.25) is 0 Å². The highest BCUT2D eigenvalue weighted by Crippen LogP contribution is 2.12. The first-order valence-electron chi connectivity index (χ1n) is 7.96. The molecule has 3 amide bonds. The van der Waals surface area contributed by atoms with Gasteiger partial charge in [0.25, 0.3) is 0 Å². The molecule has 1 N–H and O–H groups in total. The van der Waals surface area contributed by atoms with Gasteiger partial charge in [-0.1, -0.05) is 0 Å². The molecule has 2 saturated heterocycles. The molecule has 7 heteroatoms. The molecule has 2 fully saturated rings. The summed E-state index contributed by atoms with van der Waals surface area (Å²) in [7, 11) is 0. The maximum atomic E-state index is 12.2. The number of carbonyl (C=O) groups excluding carboxylic acids is 2. The lowest BCUT2D eigenvalue weighted by Gasteiger charge is -2.36. The number of hydrogen-bond donors (Lipinski definition) is 1. The monoisotopic (exact) mass is 313 g/mol. The molecule has 0 aromatic rings. The van der Waals surface area contributed by atoms with Crippen molar-refractivity contribution in [3.8, 4) is 0 Å². The second-order valence-electron chi connectivity index (χ2n) is 6.79. The van der Waals surface area contributed by atoms with Crippen LogP contribution < -0.4 is 5.32 Å². The number of nitrogens with one attached hydrogen (secondary N) is 1. The zero-order chi connectivity index (χ0) is 16.2. The van der Waals surface area contributed by atoms with Gasteiger partial charge in [-0.3, -0.25) is 0 Å². The van der Waals surface area contributed by atoms with E-state index in [1.54, 1.807) is 9.80 Å². The third kappa shape index (κ3) is 5.05. The number of amides is 3. The molecule has 0 aromatic heterocycles. The van der Waals surface area contributed by atoms with Gasteiger partial charge in [-0.15, -0.1) is 0 Å². The van der Waals surface area contributed by atoms with E-state index < -0.39 is 5.60 Å². The fraction of sp³-hybridized carbons (Fsp3) is 0.867. The molecule has 22 heavy (non-hydrogen) atoms. The van der Waals surface area contributed by atoms with Crippen LogP contribution in [0.2, 0.25) is 0 Å². The van der Waals surface area contributed by atoms with Crippen molar-refractivity contribution in [1.82, 2.24) is 15.1 Å². The summed E-state index contributed by atoms with van der Waals surface area (Å²) < 4.78 is 10.6. The molecule has 2 rings (SSSR count). The number of carbonyl (C=O) groups is 2. The van der Waals surface area contributed by atoms with Gasteiger partial charge in [0.15, 0.2) is 0 Å². The number of hydrogen-bond acceptors (Lipinski definition) is 4. The van der Waals surface area contributed by atoms with E-state index in [0.717, 1.165) is 12.8 Å². The van der Waals surface area contributed by atoms with Gasteiger partial charge in [-0.05, 0) is 33.6 Å². The number of urea groups is 1. The first-order valence-corrected chi connectivity index (χ1v) is 7.96. The van der Waals surface area contributed by atoms with Gasteiger partial charge in [0.05, 0.1) is 0 Å². The third-order valence-electron chi connectivity index (χ3n) is 3.77. The maximum Gasteiger partial charge on any atom is 0.410 e. The Morgan fingerprint density at radius 2 is 1.59 bits per heavy atom. The average molecular weight is 313 g/mol.